The lowest BCUT2D eigenvalue weighted by atomic mass is 10.1. The molecule has 5 nitrogen and oxygen atoms in total. The molecule has 0 saturated carbocycles. The zero-order chi connectivity index (χ0) is 14.9. The van der Waals surface area contributed by atoms with E-state index in [4.69, 9.17) is 5.73 Å². The zero-order valence-electron chi connectivity index (χ0n) is 12.1. The Morgan fingerprint density at radius 3 is 2.81 bits per heavy atom. The van der Waals surface area contributed by atoms with Gasteiger partial charge in [0.2, 0.25) is 5.91 Å². The van der Waals surface area contributed by atoms with Gasteiger partial charge in [-0.1, -0.05) is 30.3 Å². The third-order valence-electron chi connectivity index (χ3n) is 3.35. The summed E-state index contributed by atoms with van der Waals surface area (Å²) in [6.07, 6.45) is 5.99. The van der Waals surface area contributed by atoms with Gasteiger partial charge < -0.3 is 11.1 Å². The molecule has 21 heavy (non-hydrogen) atoms. The Hall–Kier alpha value is -2.14. The third kappa shape index (κ3) is 5.39. The van der Waals surface area contributed by atoms with Crippen LogP contribution in [0.15, 0.2) is 48.8 Å². The Kier molecular flexibility index (Phi) is 5.97. The summed E-state index contributed by atoms with van der Waals surface area (Å²) < 4.78 is 1.85. The van der Waals surface area contributed by atoms with Crippen molar-refractivity contribution in [3.05, 3.63) is 54.4 Å². The van der Waals surface area contributed by atoms with Crippen LogP contribution in [0.2, 0.25) is 0 Å². The first kappa shape index (κ1) is 15.3. The number of rotatable bonds is 8. The van der Waals surface area contributed by atoms with Crippen LogP contribution in [0.5, 0.6) is 0 Å². The van der Waals surface area contributed by atoms with Crippen LogP contribution in [-0.2, 0) is 17.8 Å². The second-order valence-electron chi connectivity index (χ2n) is 5.04. The summed E-state index contributed by atoms with van der Waals surface area (Å²) in [5.74, 6) is -0.0774. The van der Waals surface area contributed by atoms with E-state index in [1.165, 1.54) is 5.56 Å². The van der Waals surface area contributed by atoms with Crippen LogP contribution in [0.25, 0.3) is 0 Å². The Balaban J connectivity index is 1.61. The molecule has 112 valence electrons. The number of carbonyl (C=O) groups is 1. The van der Waals surface area contributed by atoms with E-state index >= 15 is 0 Å². The molecule has 5 heteroatoms. The predicted octanol–water partition coefficient (Wildman–Crippen LogP) is 1.35. The topological polar surface area (TPSA) is 72.9 Å². The molecule has 1 aromatic heterocycles. The minimum Gasteiger partial charge on any atom is -0.355 e. The summed E-state index contributed by atoms with van der Waals surface area (Å²) in [4.78, 5) is 11.9. The van der Waals surface area contributed by atoms with Gasteiger partial charge in [-0.05, 0) is 30.9 Å². The Morgan fingerprint density at radius 2 is 2.10 bits per heavy atom. The second-order valence-corrected chi connectivity index (χ2v) is 5.04. The molecule has 0 spiro atoms. The van der Waals surface area contributed by atoms with E-state index in [9.17, 15) is 4.79 Å². The van der Waals surface area contributed by atoms with Gasteiger partial charge in [-0.15, -0.1) is 0 Å². The van der Waals surface area contributed by atoms with Crippen LogP contribution >= 0.6 is 0 Å². The van der Waals surface area contributed by atoms with Gasteiger partial charge in [0.25, 0.3) is 0 Å². The average molecular weight is 286 g/mol. The Bertz CT molecular complexity index is 524. The van der Waals surface area contributed by atoms with E-state index < -0.39 is 6.04 Å². The lowest BCUT2D eigenvalue weighted by Gasteiger charge is -2.12. The molecular weight excluding hydrogens is 264 g/mol. The fourth-order valence-electron chi connectivity index (χ4n) is 2.11. The molecule has 1 heterocycles. The number of nitrogens with zero attached hydrogens (tertiary/aromatic N) is 2. The molecule has 3 N–H and O–H groups in total. The largest absolute Gasteiger partial charge is 0.355 e. The van der Waals surface area contributed by atoms with Gasteiger partial charge >= 0.3 is 0 Å². The second kappa shape index (κ2) is 8.21. The van der Waals surface area contributed by atoms with Gasteiger partial charge in [0, 0.05) is 25.5 Å². The van der Waals surface area contributed by atoms with Gasteiger partial charge in [0.05, 0.1) is 6.04 Å². The SMILES string of the molecule is NC(CCc1ccccc1)C(=O)NCCCn1cccn1. The summed E-state index contributed by atoms with van der Waals surface area (Å²) in [7, 11) is 0. The number of aromatic nitrogens is 2. The molecule has 1 atom stereocenters. The number of nitrogens with two attached hydrogens (primary N) is 1. The van der Waals surface area contributed by atoms with Crippen molar-refractivity contribution < 1.29 is 4.79 Å². The van der Waals surface area contributed by atoms with E-state index in [-0.39, 0.29) is 5.91 Å². The molecule has 2 rings (SSSR count). The summed E-state index contributed by atoms with van der Waals surface area (Å²) >= 11 is 0. The predicted molar refractivity (Wildman–Crippen MR) is 82.6 cm³/mol. The lowest BCUT2D eigenvalue weighted by molar-refractivity contribution is -0.122. The van der Waals surface area contributed by atoms with E-state index in [0.717, 1.165) is 19.4 Å². The highest BCUT2D eigenvalue weighted by Gasteiger charge is 2.12. The van der Waals surface area contributed by atoms with Crippen LogP contribution in [-0.4, -0.2) is 28.3 Å². The fourth-order valence-corrected chi connectivity index (χ4v) is 2.11. The fraction of sp³-hybridized carbons (Fsp3) is 0.375. The van der Waals surface area contributed by atoms with Crippen LogP contribution in [0.3, 0.4) is 0 Å². The van der Waals surface area contributed by atoms with Crippen molar-refractivity contribution in [1.29, 1.82) is 0 Å². The van der Waals surface area contributed by atoms with Crippen LogP contribution < -0.4 is 11.1 Å². The molecule has 0 aliphatic rings. The molecule has 0 aliphatic carbocycles. The molecule has 0 bridgehead atoms. The normalized spacial score (nSPS) is 12.0. The van der Waals surface area contributed by atoms with Crippen molar-refractivity contribution in [3.63, 3.8) is 0 Å². The molecule has 0 fully saturated rings. The van der Waals surface area contributed by atoms with Gasteiger partial charge in [0.15, 0.2) is 0 Å². The summed E-state index contributed by atoms with van der Waals surface area (Å²) in [5.41, 5.74) is 7.12. The Morgan fingerprint density at radius 1 is 1.29 bits per heavy atom. The summed E-state index contributed by atoms with van der Waals surface area (Å²) in [5, 5.41) is 6.99. The molecule has 2 aromatic rings. The van der Waals surface area contributed by atoms with Crippen LogP contribution in [0, 0.1) is 0 Å². The number of hydrogen-bond donors (Lipinski definition) is 2. The van der Waals surface area contributed by atoms with Crippen LogP contribution in [0.1, 0.15) is 18.4 Å². The molecular formula is C16H22N4O. The average Bonchev–Trinajstić information content (AvgIpc) is 3.03. The minimum atomic E-state index is -0.449. The number of aryl methyl sites for hydroxylation is 2. The maximum absolute atomic E-state index is 11.9. The number of hydrogen-bond acceptors (Lipinski definition) is 3. The zero-order valence-corrected chi connectivity index (χ0v) is 12.1. The standard InChI is InChI=1S/C16H22N4O/c17-15(9-8-14-6-2-1-3-7-14)16(21)18-10-4-12-20-13-5-11-19-20/h1-3,5-7,11,13,15H,4,8-10,12,17H2,(H,18,21). The number of carbonyl (C=O) groups excluding carboxylic acids is 1. The van der Waals surface area contributed by atoms with Crippen molar-refractivity contribution in [2.45, 2.75) is 31.8 Å². The molecule has 0 radical (unpaired) electrons. The van der Waals surface area contributed by atoms with E-state index in [1.807, 2.05) is 35.1 Å². The first-order chi connectivity index (χ1) is 10.3. The molecule has 1 unspecified atom stereocenters. The van der Waals surface area contributed by atoms with Gasteiger partial charge in [-0.2, -0.15) is 5.10 Å². The van der Waals surface area contributed by atoms with Crippen molar-refractivity contribution in [2.24, 2.45) is 5.73 Å². The molecule has 0 saturated heterocycles. The maximum Gasteiger partial charge on any atom is 0.236 e. The van der Waals surface area contributed by atoms with Gasteiger partial charge in [-0.3, -0.25) is 9.48 Å². The van der Waals surface area contributed by atoms with Crippen molar-refractivity contribution in [2.75, 3.05) is 6.54 Å². The quantitative estimate of drug-likeness (QED) is 0.719. The summed E-state index contributed by atoms with van der Waals surface area (Å²) in [6.45, 7) is 1.42. The minimum absolute atomic E-state index is 0.0774. The highest BCUT2D eigenvalue weighted by atomic mass is 16.2. The molecule has 0 aliphatic heterocycles. The van der Waals surface area contributed by atoms with E-state index in [1.54, 1.807) is 6.20 Å². The number of amides is 1. The monoisotopic (exact) mass is 286 g/mol. The van der Waals surface area contributed by atoms with E-state index in [0.29, 0.717) is 13.0 Å². The van der Waals surface area contributed by atoms with Crippen molar-refractivity contribution in [3.8, 4) is 0 Å². The van der Waals surface area contributed by atoms with Gasteiger partial charge in [0.1, 0.15) is 0 Å². The molecule has 1 aromatic carbocycles. The van der Waals surface area contributed by atoms with Crippen LogP contribution in [0.4, 0.5) is 0 Å². The van der Waals surface area contributed by atoms with Crippen molar-refractivity contribution in [1.82, 2.24) is 15.1 Å². The molecule has 1 amide bonds. The van der Waals surface area contributed by atoms with E-state index in [2.05, 4.69) is 22.5 Å². The first-order valence-electron chi connectivity index (χ1n) is 7.30. The smallest absolute Gasteiger partial charge is 0.236 e. The summed E-state index contributed by atoms with van der Waals surface area (Å²) in [6, 6.07) is 11.5. The highest BCUT2D eigenvalue weighted by molar-refractivity contribution is 5.81. The first-order valence-corrected chi connectivity index (χ1v) is 7.30. The number of nitrogens with one attached hydrogen (secondary N) is 1. The lowest BCUT2D eigenvalue weighted by Crippen LogP contribution is -2.41. The highest BCUT2D eigenvalue weighted by Crippen LogP contribution is 2.04. The van der Waals surface area contributed by atoms with Gasteiger partial charge in [-0.25, -0.2) is 0 Å². The Labute approximate surface area is 125 Å². The van der Waals surface area contributed by atoms with Crippen molar-refractivity contribution >= 4 is 5.91 Å². The maximum atomic E-state index is 11.9. The number of benzene rings is 1. The third-order valence-corrected chi connectivity index (χ3v) is 3.35.